The summed E-state index contributed by atoms with van der Waals surface area (Å²) in [6.07, 6.45) is 1.87. The third-order valence-electron chi connectivity index (χ3n) is 2.13. The van der Waals surface area contributed by atoms with Crippen LogP contribution in [-0.4, -0.2) is 24.2 Å². The van der Waals surface area contributed by atoms with Gasteiger partial charge in [-0.05, 0) is 18.2 Å². The van der Waals surface area contributed by atoms with E-state index in [0.29, 0.717) is 5.75 Å². The zero-order valence-corrected chi connectivity index (χ0v) is 7.70. The van der Waals surface area contributed by atoms with E-state index in [1.54, 1.807) is 6.07 Å². The number of H-pyrrole nitrogens is 1. The molecule has 0 aliphatic carbocycles. The number of nitrogens with one attached hydrogen (secondary N) is 1. The smallest absolute Gasteiger partial charge is 0.139 e. The molecule has 1 aromatic heterocycles. The molecule has 0 radical (unpaired) electrons. The average molecular weight is 176 g/mol. The Kier molecular flexibility index (Phi) is 1.65. The fourth-order valence-electron chi connectivity index (χ4n) is 1.58. The SMILES string of the molecule is CN(C)c1c(O)ccc2[nH]ccc12. The largest absolute Gasteiger partial charge is 0.506 e. The Labute approximate surface area is 76.6 Å². The van der Waals surface area contributed by atoms with Crippen LogP contribution in [-0.2, 0) is 0 Å². The third-order valence-corrected chi connectivity index (χ3v) is 2.13. The van der Waals surface area contributed by atoms with Crippen LogP contribution in [0.4, 0.5) is 5.69 Å². The van der Waals surface area contributed by atoms with Crippen molar-refractivity contribution in [2.45, 2.75) is 0 Å². The van der Waals surface area contributed by atoms with Gasteiger partial charge in [0.25, 0.3) is 0 Å². The van der Waals surface area contributed by atoms with Gasteiger partial charge in [-0.25, -0.2) is 0 Å². The van der Waals surface area contributed by atoms with Gasteiger partial charge in [-0.2, -0.15) is 0 Å². The van der Waals surface area contributed by atoms with Gasteiger partial charge in [0.1, 0.15) is 5.75 Å². The Bertz CT molecular complexity index is 431. The van der Waals surface area contributed by atoms with Gasteiger partial charge in [0.2, 0.25) is 0 Å². The molecule has 0 saturated carbocycles. The number of aromatic nitrogens is 1. The van der Waals surface area contributed by atoms with Crippen molar-refractivity contribution in [2.24, 2.45) is 0 Å². The molecule has 0 aliphatic rings. The fraction of sp³-hybridized carbons (Fsp3) is 0.200. The number of hydrogen-bond acceptors (Lipinski definition) is 2. The lowest BCUT2D eigenvalue weighted by molar-refractivity contribution is 0.476. The number of aromatic amines is 1. The second-order valence-corrected chi connectivity index (χ2v) is 3.27. The topological polar surface area (TPSA) is 39.3 Å². The van der Waals surface area contributed by atoms with E-state index in [9.17, 15) is 5.11 Å². The van der Waals surface area contributed by atoms with Crippen molar-refractivity contribution in [3.8, 4) is 5.75 Å². The predicted molar refractivity (Wildman–Crippen MR) is 54.3 cm³/mol. The summed E-state index contributed by atoms with van der Waals surface area (Å²) in [6.45, 7) is 0. The van der Waals surface area contributed by atoms with Crippen molar-refractivity contribution >= 4 is 16.6 Å². The van der Waals surface area contributed by atoms with Crippen LogP contribution in [0.2, 0.25) is 0 Å². The van der Waals surface area contributed by atoms with Gasteiger partial charge < -0.3 is 15.0 Å². The third kappa shape index (κ3) is 1.13. The molecule has 0 amide bonds. The highest BCUT2D eigenvalue weighted by Crippen LogP contribution is 2.33. The van der Waals surface area contributed by atoms with E-state index in [1.165, 1.54) is 0 Å². The number of nitrogens with zero attached hydrogens (tertiary/aromatic N) is 1. The van der Waals surface area contributed by atoms with Crippen LogP contribution < -0.4 is 4.90 Å². The van der Waals surface area contributed by atoms with Crippen LogP contribution in [0.25, 0.3) is 10.9 Å². The highest BCUT2D eigenvalue weighted by molar-refractivity contribution is 5.95. The number of phenolic OH excluding ortho intramolecular Hbond substituents is 1. The Morgan fingerprint density at radius 1 is 1.23 bits per heavy atom. The zero-order chi connectivity index (χ0) is 9.42. The number of rotatable bonds is 1. The summed E-state index contributed by atoms with van der Waals surface area (Å²) in [5.41, 5.74) is 1.90. The van der Waals surface area contributed by atoms with Crippen LogP contribution in [0.3, 0.4) is 0 Å². The highest BCUT2D eigenvalue weighted by Gasteiger charge is 2.08. The van der Waals surface area contributed by atoms with Crippen molar-refractivity contribution in [3.63, 3.8) is 0 Å². The van der Waals surface area contributed by atoms with Crippen LogP contribution in [0.15, 0.2) is 24.4 Å². The van der Waals surface area contributed by atoms with Crippen molar-refractivity contribution in [1.29, 1.82) is 0 Å². The van der Waals surface area contributed by atoms with Gasteiger partial charge >= 0.3 is 0 Å². The quantitative estimate of drug-likeness (QED) is 0.697. The summed E-state index contributed by atoms with van der Waals surface area (Å²) < 4.78 is 0. The van der Waals surface area contributed by atoms with Crippen LogP contribution in [0.5, 0.6) is 5.75 Å². The minimum atomic E-state index is 0.317. The number of phenols is 1. The highest BCUT2D eigenvalue weighted by atomic mass is 16.3. The Hall–Kier alpha value is -1.64. The molecule has 0 aliphatic heterocycles. The number of fused-ring (bicyclic) bond motifs is 1. The molecule has 0 fully saturated rings. The van der Waals surface area contributed by atoms with E-state index in [2.05, 4.69) is 4.98 Å². The number of anilines is 1. The number of aromatic hydroxyl groups is 1. The van der Waals surface area contributed by atoms with Crippen molar-refractivity contribution < 1.29 is 5.11 Å². The molecular formula is C10H12N2O. The van der Waals surface area contributed by atoms with E-state index < -0.39 is 0 Å². The maximum atomic E-state index is 9.64. The first kappa shape index (κ1) is 7.98. The van der Waals surface area contributed by atoms with Crippen LogP contribution >= 0.6 is 0 Å². The molecule has 68 valence electrons. The molecule has 3 heteroatoms. The minimum absolute atomic E-state index is 0.317. The average Bonchev–Trinajstić information content (AvgIpc) is 2.50. The fourth-order valence-corrected chi connectivity index (χ4v) is 1.58. The van der Waals surface area contributed by atoms with Crippen LogP contribution in [0.1, 0.15) is 0 Å². The molecule has 2 aromatic rings. The standard InChI is InChI=1S/C10H12N2O/c1-12(2)10-7-5-6-11-8(7)3-4-9(10)13/h3-6,11,13H,1-2H3. The molecular weight excluding hydrogens is 164 g/mol. The summed E-state index contributed by atoms with van der Waals surface area (Å²) in [7, 11) is 3.84. The maximum absolute atomic E-state index is 9.64. The summed E-state index contributed by atoms with van der Waals surface area (Å²) in [4.78, 5) is 5.01. The van der Waals surface area contributed by atoms with E-state index in [1.807, 2.05) is 37.3 Å². The lowest BCUT2D eigenvalue weighted by atomic mass is 10.2. The summed E-state index contributed by atoms with van der Waals surface area (Å²) in [5.74, 6) is 0.317. The Morgan fingerprint density at radius 3 is 2.69 bits per heavy atom. The van der Waals surface area contributed by atoms with Crippen molar-refractivity contribution in [3.05, 3.63) is 24.4 Å². The molecule has 1 aromatic carbocycles. The van der Waals surface area contributed by atoms with Gasteiger partial charge in [-0.15, -0.1) is 0 Å². The van der Waals surface area contributed by atoms with Crippen LogP contribution in [0, 0.1) is 0 Å². The molecule has 2 N–H and O–H groups in total. The Balaban J connectivity index is 2.80. The molecule has 1 heterocycles. The van der Waals surface area contributed by atoms with Gasteiger partial charge in [0, 0.05) is 31.2 Å². The second kappa shape index (κ2) is 2.69. The number of hydrogen-bond donors (Lipinski definition) is 2. The monoisotopic (exact) mass is 176 g/mol. The summed E-state index contributed by atoms with van der Waals surface area (Å²) in [6, 6.07) is 5.54. The first-order chi connectivity index (χ1) is 6.20. The Morgan fingerprint density at radius 2 is 2.00 bits per heavy atom. The van der Waals surface area contributed by atoms with E-state index in [-0.39, 0.29) is 0 Å². The lowest BCUT2D eigenvalue weighted by Crippen LogP contribution is -2.08. The van der Waals surface area contributed by atoms with Gasteiger partial charge in [0.05, 0.1) is 5.69 Å². The van der Waals surface area contributed by atoms with E-state index in [4.69, 9.17) is 0 Å². The van der Waals surface area contributed by atoms with Gasteiger partial charge in [0.15, 0.2) is 0 Å². The molecule has 0 unspecified atom stereocenters. The van der Waals surface area contributed by atoms with Gasteiger partial charge in [-0.3, -0.25) is 0 Å². The molecule has 0 atom stereocenters. The predicted octanol–water partition coefficient (Wildman–Crippen LogP) is 1.94. The van der Waals surface area contributed by atoms with Crippen molar-refractivity contribution in [1.82, 2.24) is 4.98 Å². The first-order valence-electron chi connectivity index (χ1n) is 4.16. The normalized spacial score (nSPS) is 10.6. The summed E-state index contributed by atoms with van der Waals surface area (Å²) in [5, 5.41) is 10.7. The zero-order valence-electron chi connectivity index (χ0n) is 7.70. The lowest BCUT2D eigenvalue weighted by Gasteiger charge is -2.15. The molecule has 0 saturated heterocycles. The molecule has 13 heavy (non-hydrogen) atoms. The molecule has 0 bridgehead atoms. The maximum Gasteiger partial charge on any atom is 0.139 e. The molecule has 2 rings (SSSR count). The van der Waals surface area contributed by atoms with Gasteiger partial charge in [-0.1, -0.05) is 0 Å². The molecule has 0 spiro atoms. The van der Waals surface area contributed by atoms with E-state index >= 15 is 0 Å². The molecule has 3 nitrogen and oxygen atoms in total. The number of benzene rings is 1. The minimum Gasteiger partial charge on any atom is -0.506 e. The summed E-state index contributed by atoms with van der Waals surface area (Å²) >= 11 is 0. The second-order valence-electron chi connectivity index (χ2n) is 3.27. The van der Waals surface area contributed by atoms with E-state index in [0.717, 1.165) is 16.6 Å². The first-order valence-corrected chi connectivity index (χ1v) is 4.16. The van der Waals surface area contributed by atoms with Crippen molar-refractivity contribution in [2.75, 3.05) is 19.0 Å².